The average Bonchev–Trinajstić information content (AvgIpc) is 2.63. The second-order valence-corrected chi connectivity index (χ2v) is 5.29. The molecule has 0 fully saturated rings. The molecule has 1 heterocycles. The molecule has 2 unspecified atom stereocenters. The van der Waals surface area contributed by atoms with Crippen LogP contribution in [0.25, 0.3) is 0 Å². The summed E-state index contributed by atoms with van der Waals surface area (Å²) >= 11 is 1.88. The van der Waals surface area contributed by atoms with Crippen LogP contribution in [0.5, 0.6) is 0 Å². The Morgan fingerprint density at radius 3 is 2.67 bits per heavy atom. The topological polar surface area (TPSA) is 21.3 Å². The van der Waals surface area contributed by atoms with Crippen LogP contribution in [-0.4, -0.2) is 20.8 Å². The van der Waals surface area contributed by atoms with Crippen LogP contribution in [0.4, 0.5) is 0 Å². The number of aryl methyl sites for hydroxylation is 1. The lowest BCUT2D eigenvalue weighted by molar-refractivity contribution is 0.171. The highest BCUT2D eigenvalue weighted by atomic mass is 32.1. The molecule has 0 aliphatic heterocycles. The molecule has 0 saturated heterocycles. The van der Waals surface area contributed by atoms with Crippen molar-refractivity contribution in [3.63, 3.8) is 0 Å². The molecule has 0 aliphatic rings. The van der Waals surface area contributed by atoms with Gasteiger partial charge in [-0.25, -0.2) is 0 Å². The van der Waals surface area contributed by atoms with Crippen LogP contribution in [0, 0.1) is 12.8 Å². The van der Waals surface area contributed by atoms with E-state index < -0.39 is 0 Å². The van der Waals surface area contributed by atoms with Crippen LogP contribution in [-0.2, 0) is 4.74 Å². The zero-order valence-corrected chi connectivity index (χ0v) is 10.9. The molecule has 1 rings (SSSR count). The van der Waals surface area contributed by atoms with E-state index in [0.29, 0.717) is 12.0 Å². The highest BCUT2D eigenvalue weighted by Crippen LogP contribution is 2.29. The van der Waals surface area contributed by atoms with Gasteiger partial charge >= 0.3 is 0 Å². The van der Waals surface area contributed by atoms with E-state index in [2.05, 4.69) is 31.3 Å². The van der Waals surface area contributed by atoms with Crippen molar-refractivity contribution in [3.05, 3.63) is 21.9 Å². The minimum absolute atomic E-state index is 0.457. The third-order valence-electron chi connectivity index (χ3n) is 2.73. The first-order valence-corrected chi connectivity index (χ1v) is 6.23. The maximum absolute atomic E-state index is 5.12. The van der Waals surface area contributed by atoms with Crippen LogP contribution in [0.1, 0.15) is 29.1 Å². The van der Waals surface area contributed by atoms with E-state index in [4.69, 9.17) is 4.74 Å². The Morgan fingerprint density at radius 2 is 2.20 bits per heavy atom. The molecule has 1 aromatic heterocycles. The van der Waals surface area contributed by atoms with Gasteiger partial charge in [-0.05, 0) is 38.4 Å². The molecule has 1 aromatic rings. The van der Waals surface area contributed by atoms with Gasteiger partial charge in [0.25, 0.3) is 0 Å². The molecule has 0 aromatic carbocycles. The predicted molar refractivity (Wildman–Crippen MR) is 66.5 cm³/mol. The van der Waals surface area contributed by atoms with Crippen LogP contribution in [0.2, 0.25) is 0 Å². The maximum atomic E-state index is 5.12. The average molecular weight is 227 g/mol. The first-order valence-electron chi connectivity index (χ1n) is 5.41. The highest BCUT2D eigenvalue weighted by molar-refractivity contribution is 7.12. The second kappa shape index (κ2) is 6.26. The van der Waals surface area contributed by atoms with E-state index in [1.54, 1.807) is 7.11 Å². The molecule has 3 heteroatoms. The Labute approximate surface area is 96.7 Å². The van der Waals surface area contributed by atoms with Crippen molar-refractivity contribution in [3.8, 4) is 0 Å². The SMILES string of the molecule is CNC(c1ccc(C)s1)C(C)CCOC. The Balaban J connectivity index is 2.62. The van der Waals surface area contributed by atoms with E-state index in [1.807, 2.05) is 18.4 Å². The van der Waals surface area contributed by atoms with Gasteiger partial charge < -0.3 is 10.1 Å². The molecule has 0 saturated carbocycles. The standard InChI is InChI=1S/C12H21NOS/c1-9(7-8-14-4)12(13-3)11-6-5-10(2)15-11/h5-6,9,12-13H,7-8H2,1-4H3. The Hall–Kier alpha value is -0.380. The van der Waals surface area contributed by atoms with Crippen LogP contribution < -0.4 is 5.32 Å². The molecule has 0 bridgehead atoms. The summed E-state index contributed by atoms with van der Waals surface area (Å²) in [4.78, 5) is 2.81. The molecule has 0 amide bonds. The molecule has 0 aliphatic carbocycles. The molecular formula is C12H21NOS. The minimum Gasteiger partial charge on any atom is -0.385 e. The fraction of sp³-hybridized carbons (Fsp3) is 0.667. The number of hydrogen-bond acceptors (Lipinski definition) is 3. The highest BCUT2D eigenvalue weighted by Gasteiger charge is 2.18. The Bertz CT molecular complexity index is 285. The van der Waals surface area contributed by atoms with Gasteiger partial charge in [-0.2, -0.15) is 0 Å². The molecule has 15 heavy (non-hydrogen) atoms. The van der Waals surface area contributed by atoms with Crippen molar-refractivity contribution < 1.29 is 4.74 Å². The number of ether oxygens (including phenoxy) is 1. The zero-order chi connectivity index (χ0) is 11.3. The number of methoxy groups -OCH3 is 1. The molecule has 2 atom stereocenters. The van der Waals surface area contributed by atoms with Crippen LogP contribution in [0.3, 0.4) is 0 Å². The lowest BCUT2D eigenvalue weighted by Gasteiger charge is -2.22. The molecule has 2 nitrogen and oxygen atoms in total. The zero-order valence-electron chi connectivity index (χ0n) is 10.0. The summed E-state index contributed by atoms with van der Waals surface area (Å²) in [5, 5.41) is 3.40. The summed E-state index contributed by atoms with van der Waals surface area (Å²) in [7, 11) is 3.79. The van der Waals surface area contributed by atoms with Gasteiger partial charge in [-0.1, -0.05) is 6.92 Å². The fourth-order valence-corrected chi connectivity index (χ4v) is 2.92. The van der Waals surface area contributed by atoms with Crippen molar-refractivity contribution in [2.45, 2.75) is 26.3 Å². The predicted octanol–water partition coefficient (Wildman–Crippen LogP) is 2.99. The van der Waals surface area contributed by atoms with Crippen molar-refractivity contribution in [1.82, 2.24) is 5.32 Å². The molecule has 86 valence electrons. The maximum Gasteiger partial charge on any atom is 0.0465 e. The summed E-state index contributed by atoms with van der Waals surface area (Å²) in [5.74, 6) is 0.605. The second-order valence-electron chi connectivity index (χ2n) is 3.97. The lowest BCUT2D eigenvalue weighted by atomic mass is 9.97. The van der Waals surface area contributed by atoms with E-state index >= 15 is 0 Å². The van der Waals surface area contributed by atoms with E-state index in [9.17, 15) is 0 Å². The van der Waals surface area contributed by atoms with Gasteiger partial charge in [-0.15, -0.1) is 11.3 Å². The molecule has 0 radical (unpaired) electrons. The first-order chi connectivity index (χ1) is 7.19. The first kappa shape index (κ1) is 12.7. The third-order valence-corrected chi connectivity index (χ3v) is 3.81. The fourth-order valence-electron chi connectivity index (χ4n) is 1.80. The number of rotatable bonds is 6. The van der Waals surface area contributed by atoms with Crippen molar-refractivity contribution in [2.75, 3.05) is 20.8 Å². The summed E-state index contributed by atoms with van der Waals surface area (Å²) in [6.45, 7) is 5.26. The van der Waals surface area contributed by atoms with Crippen LogP contribution in [0.15, 0.2) is 12.1 Å². The van der Waals surface area contributed by atoms with Gasteiger partial charge in [0.2, 0.25) is 0 Å². The number of hydrogen-bond donors (Lipinski definition) is 1. The Morgan fingerprint density at radius 1 is 1.47 bits per heavy atom. The third kappa shape index (κ3) is 3.59. The summed E-state index contributed by atoms with van der Waals surface area (Å²) in [6.07, 6.45) is 1.10. The van der Waals surface area contributed by atoms with Gasteiger partial charge in [0, 0.05) is 29.5 Å². The summed E-state index contributed by atoms with van der Waals surface area (Å²) < 4.78 is 5.12. The van der Waals surface area contributed by atoms with E-state index in [1.165, 1.54) is 9.75 Å². The van der Waals surface area contributed by atoms with Crippen LogP contribution >= 0.6 is 11.3 Å². The van der Waals surface area contributed by atoms with Gasteiger partial charge in [0.05, 0.1) is 0 Å². The normalized spacial score (nSPS) is 15.2. The van der Waals surface area contributed by atoms with E-state index in [0.717, 1.165) is 13.0 Å². The molecule has 0 spiro atoms. The smallest absolute Gasteiger partial charge is 0.0465 e. The van der Waals surface area contributed by atoms with Crippen molar-refractivity contribution >= 4 is 11.3 Å². The number of nitrogens with one attached hydrogen (secondary N) is 1. The monoisotopic (exact) mass is 227 g/mol. The van der Waals surface area contributed by atoms with Gasteiger partial charge in [0.15, 0.2) is 0 Å². The Kier molecular flexibility index (Phi) is 5.29. The largest absolute Gasteiger partial charge is 0.385 e. The molecular weight excluding hydrogens is 206 g/mol. The van der Waals surface area contributed by atoms with Crippen molar-refractivity contribution in [2.24, 2.45) is 5.92 Å². The molecule has 1 N–H and O–H groups in total. The summed E-state index contributed by atoms with van der Waals surface area (Å²) in [5.41, 5.74) is 0. The van der Waals surface area contributed by atoms with Crippen molar-refractivity contribution in [1.29, 1.82) is 0 Å². The summed E-state index contributed by atoms with van der Waals surface area (Å²) in [6, 6.07) is 4.87. The van der Waals surface area contributed by atoms with Gasteiger partial charge in [0.1, 0.15) is 0 Å². The lowest BCUT2D eigenvalue weighted by Crippen LogP contribution is -2.23. The minimum atomic E-state index is 0.457. The number of thiophene rings is 1. The quantitative estimate of drug-likeness (QED) is 0.806. The van der Waals surface area contributed by atoms with E-state index in [-0.39, 0.29) is 0 Å². The van der Waals surface area contributed by atoms with Gasteiger partial charge in [-0.3, -0.25) is 0 Å².